The van der Waals surface area contributed by atoms with Gasteiger partial charge in [-0.3, -0.25) is 37.9 Å². The predicted octanol–water partition coefficient (Wildman–Crippen LogP) is 6.01. The molecule has 0 saturated carbocycles. The topological polar surface area (TPSA) is 294 Å². The molecule has 76 heavy (non-hydrogen) atoms. The van der Waals surface area contributed by atoms with Crippen molar-refractivity contribution in [2.75, 3.05) is 24.9 Å². The molecule has 2 aromatic heterocycles. The molecule has 2 aliphatic rings. The summed E-state index contributed by atoms with van der Waals surface area (Å²) in [7, 11) is -6.76. The Kier molecular flexibility index (Phi) is 18.5. The molecule has 24 nitrogen and oxygen atoms in total. The second kappa shape index (κ2) is 25.0. The average Bonchev–Trinajstić information content (AvgIpc) is 4.06. The number of nitrogens with one attached hydrogen (secondary N) is 1. The Bertz CT molecular complexity index is 2930. The molecular weight excluding hydrogens is 1030 g/mol. The molecule has 3 aromatic carbocycles. The van der Waals surface area contributed by atoms with Crippen LogP contribution in [-0.4, -0.2) is 138 Å². The van der Waals surface area contributed by atoms with E-state index < -0.39 is 126 Å². The van der Waals surface area contributed by atoms with Crippen LogP contribution < -0.4 is 5.09 Å². The molecular formula is C50H56N5O19PSi. The molecule has 0 aliphatic carbocycles. The summed E-state index contributed by atoms with van der Waals surface area (Å²) in [6.45, 7) is 9.14. The van der Waals surface area contributed by atoms with E-state index in [1.165, 1.54) is 35.2 Å². The Hall–Kier alpha value is -7.41. The van der Waals surface area contributed by atoms with Gasteiger partial charge in [0, 0.05) is 35.8 Å². The molecule has 26 heteroatoms. The van der Waals surface area contributed by atoms with Crippen molar-refractivity contribution >= 4 is 74.6 Å². The second-order valence-electron chi connectivity index (χ2n) is 18.5. The van der Waals surface area contributed by atoms with Gasteiger partial charge in [0.2, 0.25) is 6.29 Å². The Labute approximate surface area is 436 Å². The summed E-state index contributed by atoms with van der Waals surface area (Å²) in [4.78, 5) is 104. The minimum atomic E-state index is -4.85. The molecule has 1 N–H and O–H groups in total. The first kappa shape index (κ1) is 56.3. The average molecular weight is 1090 g/mol. The number of nitrogens with zero attached hydrogens (tertiary/aromatic N) is 4. The lowest BCUT2D eigenvalue weighted by Gasteiger charge is -2.27. The van der Waals surface area contributed by atoms with Crippen LogP contribution in [0.1, 0.15) is 65.0 Å². The fraction of sp³-hybridized carbons (Fsp3) is 0.400. The standard InChI is InChI=1S/C50H56N5O19PSi/c1-29(56)64-25-36(67-30(2)57)39-41(68-31(3)58)43(69-32(4)59)50(73-39)74-75(63,66-23-24-76(5,6)7)54-44-38-45(52-27-51-44)55(28-53-38)46-42(72-49(62)35-21-15-10-16-22-35)40(71-48(61)34-19-13-9-14-20-34)37(70-46)26-65-47(60)33-17-11-8-12-18-33/h8-22,27-28,36-37,39-43,46,50H,23-26H2,1-7H3,(H,51,52,54,63)/t36-,37-,39-,40-,41+,42-,43-,46-,50?,75?/m1/s1. The molecule has 0 bridgehead atoms. The van der Waals surface area contributed by atoms with Crippen LogP contribution in [0.4, 0.5) is 5.82 Å². The Balaban J connectivity index is 1.27. The number of fused-ring (bicyclic) bond motifs is 1. The summed E-state index contributed by atoms with van der Waals surface area (Å²) in [5.74, 6) is -6.04. The van der Waals surface area contributed by atoms with Gasteiger partial charge in [-0.1, -0.05) is 74.2 Å². The van der Waals surface area contributed by atoms with Gasteiger partial charge in [0.15, 0.2) is 53.7 Å². The van der Waals surface area contributed by atoms with Crippen molar-refractivity contribution in [2.24, 2.45) is 0 Å². The summed E-state index contributed by atoms with van der Waals surface area (Å²) in [6.07, 6.45) is -11.5. The van der Waals surface area contributed by atoms with E-state index in [1.54, 1.807) is 66.7 Å². The number of hydrogen-bond acceptors (Lipinski definition) is 22. The number of rotatable bonds is 22. The Morgan fingerprint density at radius 2 is 1.22 bits per heavy atom. The second-order valence-corrected chi connectivity index (χ2v) is 25.8. The number of ether oxygens (including phenoxy) is 9. The molecule has 0 amide bonds. The van der Waals surface area contributed by atoms with E-state index in [0.29, 0.717) is 6.04 Å². The van der Waals surface area contributed by atoms with E-state index in [1.807, 2.05) is 19.6 Å². The van der Waals surface area contributed by atoms with Crippen LogP contribution in [-0.2, 0) is 75.4 Å². The molecule has 2 aliphatic heterocycles. The maximum Gasteiger partial charge on any atom is 0.436 e. The highest BCUT2D eigenvalue weighted by Crippen LogP contribution is 2.52. The van der Waals surface area contributed by atoms with Crippen LogP contribution in [0, 0.1) is 0 Å². The fourth-order valence-corrected chi connectivity index (χ4v) is 10.2. The van der Waals surface area contributed by atoms with Crippen LogP contribution in [0.3, 0.4) is 0 Å². The molecule has 2 fully saturated rings. The number of aromatic nitrogens is 4. The quantitative estimate of drug-likeness (QED) is 0.0359. The van der Waals surface area contributed by atoms with Crippen LogP contribution in [0.15, 0.2) is 104 Å². The largest absolute Gasteiger partial charge is 0.462 e. The van der Waals surface area contributed by atoms with Crippen molar-refractivity contribution in [3.63, 3.8) is 0 Å². The highest BCUT2D eigenvalue weighted by Gasteiger charge is 2.57. The summed E-state index contributed by atoms with van der Waals surface area (Å²) in [5.41, 5.74) is 0.388. The van der Waals surface area contributed by atoms with Crippen LogP contribution in [0.2, 0.25) is 25.7 Å². The molecule has 4 heterocycles. The van der Waals surface area contributed by atoms with E-state index in [0.717, 1.165) is 34.0 Å². The van der Waals surface area contributed by atoms with E-state index in [4.69, 9.17) is 51.7 Å². The number of esters is 7. The number of anilines is 1. The van der Waals surface area contributed by atoms with Gasteiger partial charge >= 0.3 is 49.5 Å². The first-order chi connectivity index (χ1) is 36.2. The lowest BCUT2D eigenvalue weighted by molar-refractivity contribution is -0.181. The van der Waals surface area contributed by atoms with E-state index in [2.05, 4.69) is 20.0 Å². The molecule has 2 saturated heterocycles. The normalized spacial score (nSPS) is 22.3. The van der Waals surface area contributed by atoms with Crippen molar-refractivity contribution in [2.45, 2.75) is 109 Å². The van der Waals surface area contributed by atoms with Gasteiger partial charge in [-0.2, -0.15) is 0 Å². The maximum absolute atomic E-state index is 15.3. The third-order valence-corrected chi connectivity index (χ3v) is 14.6. The summed E-state index contributed by atoms with van der Waals surface area (Å²) >= 11 is 0. The number of imidazole rings is 1. The van der Waals surface area contributed by atoms with Gasteiger partial charge in [-0.05, 0) is 42.4 Å². The number of carbonyl (C=O) groups is 7. The van der Waals surface area contributed by atoms with Crippen molar-refractivity contribution < 1.29 is 89.8 Å². The molecule has 10 atom stereocenters. The van der Waals surface area contributed by atoms with Crippen molar-refractivity contribution in [1.82, 2.24) is 19.5 Å². The van der Waals surface area contributed by atoms with E-state index in [-0.39, 0.29) is 40.3 Å². The zero-order valence-corrected chi connectivity index (χ0v) is 44.2. The highest BCUT2D eigenvalue weighted by atomic mass is 31.2. The monoisotopic (exact) mass is 1090 g/mol. The third kappa shape index (κ3) is 14.7. The van der Waals surface area contributed by atoms with E-state index in [9.17, 15) is 33.6 Å². The fourth-order valence-electron chi connectivity index (χ4n) is 7.91. The first-order valence-corrected chi connectivity index (χ1v) is 29.0. The third-order valence-electron chi connectivity index (χ3n) is 11.4. The highest BCUT2D eigenvalue weighted by molar-refractivity contribution is 7.55. The SMILES string of the molecule is CC(=O)OC[C@@H](OC(C)=O)[C@H]1OC(OP(=O)(Nc2ncnc3c2ncn3[C@@H]2O[C@H](COC(=O)c3ccccc3)[C@@H](OC(=O)c3ccccc3)[C@H]2OC(=O)c2ccccc2)OCC[Si](C)(C)C)[C@H](OC(C)=O)[C@H]1OC(C)=O. The Morgan fingerprint density at radius 3 is 1.78 bits per heavy atom. The van der Waals surface area contributed by atoms with Crippen LogP contribution in [0.5, 0.6) is 0 Å². The van der Waals surface area contributed by atoms with Gasteiger partial charge in [0.05, 0.1) is 29.6 Å². The van der Waals surface area contributed by atoms with Crippen molar-refractivity contribution in [3.05, 3.63) is 120 Å². The molecule has 5 aromatic rings. The number of hydrogen-bond donors (Lipinski definition) is 1. The summed E-state index contributed by atoms with van der Waals surface area (Å²) < 4.78 is 81.0. The van der Waals surface area contributed by atoms with Gasteiger partial charge in [0.1, 0.15) is 31.7 Å². The summed E-state index contributed by atoms with van der Waals surface area (Å²) in [5, 5.41) is 2.70. The predicted molar refractivity (Wildman–Crippen MR) is 266 cm³/mol. The molecule has 0 radical (unpaired) electrons. The van der Waals surface area contributed by atoms with Gasteiger partial charge in [0.25, 0.3) is 0 Å². The van der Waals surface area contributed by atoms with Crippen LogP contribution in [0.25, 0.3) is 11.2 Å². The lowest BCUT2D eigenvalue weighted by atomic mass is 10.1. The summed E-state index contributed by atoms with van der Waals surface area (Å²) in [6, 6.07) is 24.6. The Morgan fingerprint density at radius 1 is 0.658 bits per heavy atom. The molecule has 0 spiro atoms. The van der Waals surface area contributed by atoms with Crippen LogP contribution >= 0.6 is 7.75 Å². The zero-order valence-electron chi connectivity index (χ0n) is 42.3. The molecule has 2 unspecified atom stereocenters. The zero-order chi connectivity index (χ0) is 54.7. The minimum absolute atomic E-state index is 0.0356. The van der Waals surface area contributed by atoms with Gasteiger partial charge in [-0.15, -0.1) is 0 Å². The van der Waals surface area contributed by atoms with E-state index >= 15 is 4.57 Å². The lowest BCUT2D eigenvalue weighted by Crippen LogP contribution is -2.46. The smallest absolute Gasteiger partial charge is 0.436 e. The number of carbonyl (C=O) groups excluding carboxylic acids is 7. The maximum atomic E-state index is 15.3. The molecule has 7 rings (SSSR count). The first-order valence-electron chi connectivity index (χ1n) is 23.8. The van der Waals surface area contributed by atoms with Crippen molar-refractivity contribution in [1.29, 1.82) is 0 Å². The number of benzene rings is 3. The van der Waals surface area contributed by atoms with Gasteiger partial charge in [-0.25, -0.2) is 33.9 Å². The minimum Gasteiger partial charge on any atom is -0.462 e. The van der Waals surface area contributed by atoms with Crippen molar-refractivity contribution in [3.8, 4) is 0 Å². The van der Waals surface area contributed by atoms with Gasteiger partial charge < -0.3 is 42.6 Å². The molecule has 404 valence electrons.